The number of benzene rings is 1. The fourth-order valence-corrected chi connectivity index (χ4v) is 2.46. The number of ether oxygens (including phenoxy) is 1. The molecule has 2 amide bonds. The molecule has 6 nitrogen and oxygen atoms in total. The van der Waals surface area contributed by atoms with Crippen LogP contribution < -0.4 is 10.5 Å². The minimum atomic E-state index is -0.279. The average molecular weight is 291 g/mol. The number of amides is 2. The van der Waals surface area contributed by atoms with E-state index in [1.807, 2.05) is 0 Å². The highest BCUT2D eigenvalue weighted by Crippen LogP contribution is 2.25. The third kappa shape index (κ3) is 3.26. The molecule has 2 N–H and O–H groups in total. The summed E-state index contributed by atoms with van der Waals surface area (Å²) >= 11 is 0. The van der Waals surface area contributed by atoms with Gasteiger partial charge in [-0.25, -0.2) is 0 Å². The molecular formula is C15H21N3O3. The summed E-state index contributed by atoms with van der Waals surface area (Å²) in [6.07, 6.45) is 2.07. The van der Waals surface area contributed by atoms with Crippen LogP contribution in [0.4, 0.5) is 5.69 Å². The first-order valence-corrected chi connectivity index (χ1v) is 7.00. The summed E-state index contributed by atoms with van der Waals surface area (Å²) in [6, 6.07) is 5.04. The standard InChI is InChI=1S/C15H21N3O3/c1-17(10-13(19)18-8-3-4-9-18)15(20)11-6-5-7-12(21-2)14(11)16/h5-7H,3-4,8-10,16H2,1-2H3. The molecule has 0 aromatic heterocycles. The van der Waals surface area contributed by atoms with Gasteiger partial charge in [-0.15, -0.1) is 0 Å². The van der Waals surface area contributed by atoms with Crippen LogP contribution in [0.2, 0.25) is 0 Å². The maximum absolute atomic E-state index is 12.4. The normalized spacial score (nSPS) is 14.1. The van der Waals surface area contributed by atoms with E-state index in [1.165, 1.54) is 12.0 Å². The molecule has 1 aromatic rings. The van der Waals surface area contributed by atoms with Crippen LogP contribution in [-0.4, -0.2) is 55.4 Å². The fraction of sp³-hybridized carbons (Fsp3) is 0.467. The van der Waals surface area contributed by atoms with E-state index in [0.717, 1.165) is 25.9 Å². The molecule has 1 aromatic carbocycles. The Bertz CT molecular complexity index is 539. The summed E-state index contributed by atoms with van der Waals surface area (Å²) in [5.74, 6) is 0.156. The number of likely N-dealkylation sites (N-methyl/N-ethyl adjacent to an activating group) is 1. The van der Waals surface area contributed by atoms with Crippen molar-refractivity contribution >= 4 is 17.5 Å². The van der Waals surface area contributed by atoms with Gasteiger partial charge in [0.2, 0.25) is 5.91 Å². The quantitative estimate of drug-likeness (QED) is 0.839. The van der Waals surface area contributed by atoms with E-state index >= 15 is 0 Å². The summed E-state index contributed by atoms with van der Waals surface area (Å²) < 4.78 is 5.11. The smallest absolute Gasteiger partial charge is 0.256 e. The molecule has 0 unspecified atom stereocenters. The van der Waals surface area contributed by atoms with Crippen LogP contribution in [0.5, 0.6) is 5.75 Å². The van der Waals surface area contributed by atoms with Crippen LogP contribution in [0.3, 0.4) is 0 Å². The number of anilines is 1. The van der Waals surface area contributed by atoms with E-state index in [-0.39, 0.29) is 18.4 Å². The van der Waals surface area contributed by atoms with Gasteiger partial charge in [0.25, 0.3) is 5.91 Å². The Balaban J connectivity index is 2.07. The van der Waals surface area contributed by atoms with Crippen molar-refractivity contribution < 1.29 is 14.3 Å². The molecule has 0 radical (unpaired) electrons. The summed E-state index contributed by atoms with van der Waals surface area (Å²) in [6.45, 7) is 1.62. The number of nitrogen functional groups attached to an aromatic ring is 1. The number of carbonyl (C=O) groups is 2. The molecule has 0 aliphatic carbocycles. The lowest BCUT2D eigenvalue weighted by molar-refractivity contribution is -0.130. The number of hydrogen-bond donors (Lipinski definition) is 1. The third-order valence-electron chi connectivity index (χ3n) is 3.69. The zero-order valence-corrected chi connectivity index (χ0v) is 12.5. The Hall–Kier alpha value is -2.24. The monoisotopic (exact) mass is 291 g/mol. The van der Waals surface area contributed by atoms with Crippen LogP contribution in [-0.2, 0) is 4.79 Å². The first kappa shape index (κ1) is 15.2. The SMILES string of the molecule is COc1cccc(C(=O)N(C)CC(=O)N2CCCC2)c1N. The van der Waals surface area contributed by atoms with Gasteiger partial charge in [0.15, 0.2) is 0 Å². The summed E-state index contributed by atoms with van der Waals surface area (Å²) in [7, 11) is 3.11. The maximum Gasteiger partial charge on any atom is 0.256 e. The predicted molar refractivity (Wildman–Crippen MR) is 80.2 cm³/mol. The Morgan fingerprint density at radius 1 is 1.33 bits per heavy atom. The zero-order chi connectivity index (χ0) is 15.4. The number of rotatable bonds is 4. The first-order valence-electron chi connectivity index (χ1n) is 7.00. The number of methoxy groups -OCH3 is 1. The van der Waals surface area contributed by atoms with Crippen LogP contribution >= 0.6 is 0 Å². The number of para-hydroxylation sites is 1. The van der Waals surface area contributed by atoms with Crippen LogP contribution in [0.25, 0.3) is 0 Å². The lowest BCUT2D eigenvalue weighted by Gasteiger charge is -2.22. The van der Waals surface area contributed by atoms with E-state index in [9.17, 15) is 9.59 Å². The Kier molecular flexibility index (Phi) is 4.67. The van der Waals surface area contributed by atoms with E-state index in [4.69, 9.17) is 10.5 Å². The van der Waals surface area contributed by atoms with E-state index < -0.39 is 0 Å². The molecule has 6 heteroatoms. The van der Waals surface area contributed by atoms with Gasteiger partial charge in [-0.2, -0.15) is 0 Å². The van der Waals surface area contributed by atoms with Crippen molar-refractivity contribution in [2.24, 2.45) is 0 Å². The van der Waals surface area contributed by atoms with Crippen LogP contribution in [0.1, 0.15) is 23.2 Å². The average Bonchev–Trinajstić information content (AvgIpc) is 3.01. The lowest BCUT2D eigenvalue weighted by atomic mass is 10.1. The molecule has 1 saturated heterocycles. The third-order valence-corrected chi connectivity index (χ3v) is 3.69. The number of carbonyl (C=O) groups excluding carboxylic acids is 2. The van der Waals surface area contributed by atoms with Crippen molar-refractivity contribution in [1.82, 2.24) is 9.80 Å². The molecule has 2 rings (SSSR count). The Morgan fingerprint density at radius 2 is 2.00 bits per heavy atom. The van der Waals surface area contributed by atoms with Gasteiger partial charge in [0, 0.05) is 20.1 Å². The van der Waals surface area contributed by atoms with Gasteiger partial charge in [0.05, 0.1) is 24.9 Å². The topological polar surface area (TPSA) is 75.9 Å². The van der Waals surface area contributed by atoms with Crippen molar-refractivity contribution in [1.29, 1.82) is 0 Å². The number of nitrogens with two attached hydrogens (primary N) is 1. The number of hydrogen-bond acceptors (Lipinski definition) is 4. The molecule has 1 aliphatic heterocycles. The molecule has 1 aliphatic rings. The fourth-order valence-electron chi connectivity index (χ4n) is 2.46. The second kappa shape index (κ2) is 6.47. The minimum absolute atomic E-state index is 0.0233. The van der Waals surface area contributed by atoms with Gasteiger partial charge in [-0.1, -0.05) is 6.07 Å². The summed E-state index contributed by atoms with van der Waals surface area (Å²) in [5, 5.41) is 0. The summed E-state index contributed by atoms with van der Waals surface area (Å²) in [5.41, 5.74) is 6.57. The Morgan fingerprint density at radius 3 is 2.62 bits per heavy atom. The molecule has 1 heterocycles. The van der Waals surface area contributed by atoms with E-state index in [0.29, 0.717) is 17.0 Å². The largest absolute Gasteiger partial charge is 0.495 e. The van der Waals surface area contributed by atoms with Gasteiger partial charge < -0.3 is 20.3 Å². The maximum atomic E-state index is 12.4. The number of likely N-dealkylation sites (tertiary alicyclic amines) is 1. The van der Waals surface area contributed by atoms with Crippen molar-refractivity contribution in [3.8, 4) is 5.75 Å². The van der Waals surface area contributed by atoms with Crippen molar-refractivity contribution in [3.05, 3.63) is 23.8 Å². The first-order chi connectivity index (χ1) is 10.0. The molecular weight excluding hydrogens is 270 g/mol. The van der Waals surface area contributed by atoms with Gasteiger partial charge in [-0.05, 0) is 25.0 Å². The molecule has 0 saturated carbocycles. The highest BCUT2D eigenvalue weighted by Gasteiger charge is 2.23. The highest BCUT2D eigenvalue weighted by atomic mass is 16.5. The minimum Gasteiger partial charge on any atom is -0.495 e. The van der Waals surface area contributed by atoms with Crippen molar-refractivity contribution in [2.75, 3.05) is 39.5 Å². The lowest BCUT2D eigenvalue weighted by Crippen LogP contribution is -2.40. The number of nitrogens with zero attached hydrogens (tertiary/aromatic N) is 2. The molecule has 0 atom stereocenters. The van der Waals surface area contributed by atoms with Crippen molar-refractivity contribution in [2.45, 2.75) is 12.8 Å². The van der Waals surface area contributed by atoms with Crippen LogP contribution in [0.15, 0.2) is 18.2 Å². The molecule has 0 bridgehead atoms. The van der Waals surface area contributed by atoms with E-state index in [2.05, 4.69) is 0 Å². The van der Waals surface area contributed by atoms with Gasteiger partial charge >= 0.3 is 0 Å². The Labute approximate surface area is 124 Å². The zero-order valence-electron chi connectivity index (χ0n) is 12.5. The summed E-state index contributed by atoms with van der Waals surface area (Å²) in [4.78, 5) is 27.7. The highest BCUT2D eigenvalue weighted by molar-refractivity contribution is 6.01. The van der Waals surface area contributed by atoms with Crippen LogP contribution in [0, 0.1) is 0 Å². The predicted octanol–water partition coefficient (Wildman–Crippen LogP) is 0.972. The van der Waals surface area contributed by atoms with Crippen molar-refractivity contribution in [3.63, 3.8) is 0 Å². The second-order valence-electron chi connectivity index (χ2n) is 5.17. The molecule has 114 valence electrons. The van der Waals surface area contributed by atoms with E-state index in [1.54, 1.807) is 30.1 Å². The van der Waals surface area contributed by atoms with Gasteiger partial charge in [-0.3, -0.25) is 9.59 Å². The molecule has 1 fully saturated rings. The van der Waals surface area contributed by atoms with Gasteiger partial charge in [0.1, 0.15) is 5.75 Å². The second-order valence-corrected chi connectivity index (χ2v) is 5.17. The molecule has 21 heavy (non-hydrogen) atoms. The molecule has 0 spiro atoms.